The van der Waals surface area contributed by atoms with Crippen LogP contribution in [0, 0.1) is 5.92 Å². The summed E-state index contributed by atoms with van der Waals surface area (Å²) in [7, 11) is 0. The fourth-order valence-corrected chi connectivity index (χ4v) is 2.07. The molecule has 0 aromatic carbocycles. The molecule has 0 radical (unpaired) electrons. The summed E-state index contributed by atoms with van der Waals surface area (Å²) in [5.74, 6) is 0.698. The van der Waals surface area contributed by atoms with Crippen molar-refractivity contribution in [3.05, 3.63) is 12.7 Å². The van der Waals surface area contributed by atoms with Crippen molar-refractivity contribution < 1.29 is 0 Å². The highest BCUT2D eigenvalue weighted by Crippen LogP contribution is 2.26. The molecule has 1 aliphatic rings. The molecule has 72 valence electrons. The van der Waals surface area contributed by atoms with Gasteiger partial charge in [-0.2, -0.15) is 5.10 Å². The zero-order valence-electron chi connectivity index (χ0n) is 7.76. The molecule has 0 saturated heterocycles. The predicted molar refractivity (Wildman–Crippen MR) is 50.0 cm³/mol. The Kier molecular flexibility index (Phi) is 2.59. The number of hydrogen-bond acceptors (Lipinski definition) is 3. The molecule has 0 spiro atoms. The minimum Gasteiger partial charge on any atom is -0.327 e. The first-order valence-corrected chi connectivity index (χ1v) is 4.94. The molecule has 1 fully saturated rings. The molecule has 1 heterocycles. The maximum absolute atomic E-state index is 5.97. The highest BCUT2D eigenvalue weighted by Gasteiger charge is 2.23. The van der Waals surface area contributed by atoms with E-state index in [0.717, 1.165) is 13.0 Å². The maximum atomic E-state index is 5.97. The van der Waals surface area contributed by atoms with Gasteiger partial charge in [-0.3, -0.25) is 4.68 Å². The molecule has 0 bridgehead atoms. The minimum atomic E-state index is 0.420. The number of nitrogens with two attached hydrogens (primary N) is 1. The molecule has 2 atom stereocenters. The summed E-state index contributed by atoms with van der Waals surface area (Å²) in [5.41, 5.74) is 5.97. The van der Waals surface area contributed by atoms with E-state index in [-0.39, 0.29) is 0 Å². The second-order valence-electron chi connectivity index (χ2n) is 3.80. The minimum absolute atomic E-state index is 0.420. The van der Waals surface area contributed by atoms with Crippen molar-refractivity contribution in [2.75, 3.05) is 0 Å². The summed E-state index contributed by atoms with van der Waals surface area (Å²) >= 11 is 0. The number of aryl methyl sites for hydroxylation is 1. The molecule has 1 saturated carbocycles. The van der Waals surface area contributed by atoms with Crippen LogP contribution in [-0.2, 0) is 6.54 Å². The van der Waals surface area contributed by atoms with Gasteiger partial charge in [0.15, 0.2) is 0 Å². The van der Waals surface area contributed by atoms with Crippen molar-refractivity contribution in [1.82, 2.24) is 14.8 Å². The van der Waals surface area contributed by atoms with Crippen molar-refractivity contribution >= 4 is 0 Å². The molecule has 0 amide bonds. The van der Waals surface area contributed by atoms with Crippen LogP contribution in [0.5, 0.6) is 0 Å². The Balaban J connectivity index is 1.79. The Labute approximate surface area is 78.1 Å². The van der Waals surface area contributed by atoms with Crippen LogP contribution in [0.2, 0.25) is 0 Å². The largest absolute Gasteiger partial charge is 0.327 e. The van der Waals surface area contributed by atoms with Gasteiger partial charge < -0.3 is 5.73 Å². The first kappa shape index (κ1) is 8.69. The van der Waals surface area contributed by atoms with E-state index >= 15 is 0 Å². The summed E-state index contributed by atoms with van der Waals surface area (Å²) in [4.78, 5) is 3.91. The molecule has 1 aromatic heterocycles. The second-order valence-corrected chi connectivity index (χ2v) is 3.80. The Morgan fingerprint density at radius 1 is 1.46 bits per heavy atom. The fraction of sp³-hybridized carbons (Fsp3) is 0.778. The lowest BCUT2D eigenvalue weighted by molar-refractivity contribution is 0.402. The van der Waals surface area contributed by atoms with Crippen LogP contribution in [0.15, 0.2) is 12.7 Å². The third-order valence-electron chi connectivity index (χ3n) is 2.91. The van der Waals surface area contributed by atoms with Gasteiger partial charge in [-0.15, -0.1) is 0 Å². The molecular weight excluding hydrogens is 164 g/mol. The molecule has 2 N–H and O–H groups in total. The second kappa shape index (κ2) is 3.87. The van der Waals surface area contributed by atoms with E-state index in [9.17, 15) is 0 Å². The molecule has 2 rings (SSSR count). The van der Waals surface area contributed by atoms with Crippen molar-refractivity contribution in [1.29, 1.82) is 0 Å². The van der Waals surface area contributed by atoms with Gasteiger partial charge in [0.05, 0.1) is 0 Å². The van der Waals surface area contributed by atoms with Gasteiger partial charge in [0.25, 0.3) is 0 Å². The van der Waals surface area contributed by atoms with Gasteiger partial charge in [0.2, 0.25) is 0 Å². The van der Waals surface area contributed by atoms with Crippen molar-refractivity contribution in [2.45, 2.75) is 38.3 Å². The van der Waals surface area contributed by atoms with E-state index in [2.05, 4.69) is 10.1 Å². The summed E-state index contributed by atoms with van der Waals surface area (Å²) in [6.07, 6.45) is 8.26. The number of rotatable bonds is 3. The standard InChI is InChI=1S/C9H16N4/c10-9-3-1-2-8(9)4-5-13-7-11-6-12-13/h6-9H,1-5,10H2. The van der Waals surface area contributed by atoms with Gasteiger partial charge in [0, 0.05) is 12.6 Å². The van der Waals surface area contributed by atoms with Gasteiger partial charge >= 0.3 is 0 Å². The lowest BCUT2D eigenvalue weighted by Gasteiger charge is -2.14. The predicted octanol–water partition coefficient (Wildman–Crippen LogP) is 0.796. The first-order valence-electron chi connectivity index (χ1n) is 4.94. The molecule has 4 heteroatoms. The topological polar surface area (TPSA) is 56.7 Å². The van der Waals surface area contributed by atoms with Gasteiger partial charge in [-0.25, -0.2) is 4.98 Å². The number of nitrogens with zero attached hydrogens (tertiary/aromatic N) is 3. The summed E-state index contributed by atoms with van der Waals surface area (Å²) in [6.45, 7) is 0.957. The maximum Gasteiger partial charge on any atom is 0.137 e. The number of hydrogen-bond donors (Lipinski definition) is 1. The lowest BCUT2D eigenvalue weighted by atomic mass is 10.0. The van der Waals surface area contributed by atoms with E-state index in [1.165, 1.54) is 19.3 Å². The van der Waals surface area contributed by atoms with E-state index in [1.54, 1.807) is 12.7 Å². The molecular formula is C9H16N4. The van der Waals surface area contributed by atoms with Crippen LogP contribution in [-0.4, -0.2) is 20.8 Å². The quantitative estimate of drug-likeness (QED) is 0.748. The smallest absolute Gasteiger partial charge is 0.137 e. The lowest BCUT2D eigenvalue weighted by Crippen LogP contribution is -2.25. The molecule has 0 aliphatic heterocycles. The average Bonchev–Trinajstić information content (AvgIpc) is 2.72. The van der Waals surface area contributed by atoms with Crippen LogP contribution < -0.4 is 5.73 Å². The van der Waals surface area contributed by atoms with Crippen LogP contribution in [0.25, 0.3) is 0 Å². The third-order valence-corrected chi connectivity index (χ3v) is 2.91. The molecule has 1 aromatic rings. The molecule has 1 aliphatic carbocycles. The molecule has 2 unspecified atom stereocenters. The third kappa shape index (κ3) is 2.06. The van der Waals surface area contributed by atoms with E-state index < -0.39 is 0 Å². The monoisotopic (exact) mass is 180 g/mol. The Morgan fingerprint density at radius 3 is 3.00 bits per heavy atom. The fourth-order valence-electron chi connectivity index (χ4n) is 2.07. The summed E-state index contributed by atoms with van der Waals surface area (Å²) in [6, 6.07) is 0.420. The van der Waals surface area contributed by atoms with Gasteiger partial charge in [-0.1, -0.05) is 6.42 Å². The molecule has 13 heavy (non-hydrogen) atoms. The normalized spacial score (nSPS) is 28.1. The van der Waals surface area contributed by atoms with Crippen molar-refractivity contribution in [3.8, 4) is 0 Å². The zero-order valence-corrected chi connectivity index (χ0v) is 7.76. The first-order chi connectivity index (χ1) is 6.36. The van der Waals surface area contributed by atoms with Gasteiger partial charge in [0.1, 0.15) is 12.7 Å². The van der Waals surface area contributed by atoms with Crippen LogP contribution in [0.4, 0.5) is 0 Å². The number of aromatic nitrogens is 3. The Bertz CT molecular complexity index is 244. The van der Waals surface area contributed by atoms with E-state index in [4.69, 9.17) is 5.73 Å². The zero-order chi connectivity index (χ0) is 9.10. The highest BCUT2D eigenvalue weighted by atomic mass is 15.3. The molecule has 4 nitrogen and oxygen atoms in total. The SMILES string of the molecule is NC1CCCC1CCn1cncn1. The Morgan fingerprint density at radius 2 is 2.38 bits per heavy atom. The van der Waals surface area contributed by atoms with Gasteiger partial charge in [-0.05, 0) is 25.2 Å². The van der Waals surface area contributed by atoms with Crippen LogP contribution in [0.1, 0.15) is 25.7 Å². The van der Waals surface area contributed by atoms with Crippen molar-refractivity contribution in [3.63, 3.8) is 0 Å². The van der Waals surface area contributed by atoms with Crippen LogP contribution in [0.3, 0.4) is 0 Å². The summed E-state index contributed by atoms with van der Waals surface area (Å²) < 4.78 is 1.88. The van der Waals surface area contributed by atoms with Crippen molar-refractivity contribution in [2.24, 2.45) is 11.7 Å². The van der Waals surface area contributed by atoms with Crippen LogP contribution >= 0.6 is 0 Å². The highest BCUT2D eigenvalue weighted by molar-refractivity contribution is 4.79. The van der Waals surface area contributed by atoms with E-state index in [0.29, 0.717) is 12.0 Å². The van der Waals surface area contributed by atoms with E-state index in [1.807, 2.05) is 4.68 Å². The summed E-state index contributed by atoms with van der Waals surface area (Å²) in [5, 5.41) is 4.07. The average molecular weight is 180 g/mol. The Hall–Kier alpha value is -0.900.